The highest BCUT2D eigenvalue weighted by Gasteiger charge is 2.32. The number of nitrogens with zero attached hydrogens (tertiary/aromatic N) is 2. The Morgan fingerprint density at radius 1 is 1.08 bits per heavy atom. The van der Waals surface area contributed by atoms with Crippen molar-refractivity contribution in [3.63, 3.8) is 0 Å². The third-order valence-corrected chi connectivity index (χ3v) is 7.52. The van der Waals surface area contributed by atoms with Crippen molar-refractivity contribution in [1.29, 1.82) is 0 Å². The fourth-order valence-corrected chi connectivity index (χ4v) is 5.18. The SMILES string of the molecule is Cc1cc(OCc2c(Cc3c(Cl)cccc3Cl)noc2C2CC2)ccc1N(C)Cc1cccc(C(=O)O)c1. The second-order valence-corrected chi connectivity index (χ2v) is 10.5. The van der Waals surface area contributed by atoms with E-state index in [4.69, 9.17) is 32.5 Å². The largest absolute Gasteiger partial charge is 0.489 e. The Morgan fingerprint density at radius 3 is 2.50 bits per heavy atom. The fourth-order valence-electron chi connectivity index (χ4n) is 4.65. The standard InChI is InChI=1S/C30H28Cl2N2O4/c1-18-13-22(11-12-28(18)34(2)16-19-5-3-6-21(14-19)30(35)36)37-17-24-27(33-38-29(24)20-9-10-20)15-23-25(31)7-4-8-26(23)32/h3-8,11-14,20H,9-10,15-17H2,1-2H3,(H,35,36). The molecule has 1 heterocycles. The van der Waals surface area contributed by atoms with Crippen molar-refractivity contribution < 1.29 is 19.2 Å². The summed E-state index contributed by atoms with van der Waals surface area (Å²) in [6.45, 7) is 2.96. The molecule has 1 aromatic heterocycles. The fraction of sp³-hybridized carbons (Fsp3) is 0.267. The lowest BCUT2D eigenvalue weighted by atomic mass is 10.0. The van der Waals surface area contributed by atoms with Gasteiger partial charge >= 0.3 is 5.97 Å². The molecular weight excluding hydrogens is 523 g/mol. The Kier molecular flexibility index (Phi) is 7.63. The van der Waals surface area contributed by atoms with Crippen molar-refractivity contribution in [2.75, 3.05) is 11.9 Å². The van der Waals surface area contributed by atoms with Crippen LogP contribution in [-0.2, 0) is 19.6 Å². The molecule has 1 saturated carbocycles. The molecule has 6 nitrogen and oxygen atoms in total. The lowest BCUT2D eigenvalue weighted by molar-refractivity contribution is 0.0696. The molecule has 0 atom stereocenters. The van der Waals surface area contributed by atoms with Gasteiger partial charge in [0.2, 0.25) is 0 Å². The molecule has 8 heteroatoms. The minimum Gasteiger partial charge on any atom is -0.489 e. The summed E-state index contributed by atoms with van der Waals surface area (Å²) < 4.78 is 12.0. The summed E-state index contributed by atoms with van der Waals surface area (Å²) in [5.41, 5.74) is 5.88. The first kappa shape index (κ1) is 26.1. The van der Waals surface area contributed by atoms with Gasteiger partial charge in [0.25, 0.3) is 0 Å². The van der Waals surface area contributed by atoms with Crippen LogP contribution in [0.5, 0.6) is 5.75 Å². The number of halogens is 2. The quantitative estimate of drug-likeness (QED) is 0.218. The highest BCUT2D eigenvalue weighted by Crippen LogP contribution is 2.43. The zero-order valence-corrected chi connectivity index (χ0v) is 22.7. The monoisotopic (exact) mass is 550 g/mol. The number of aromatic nitrogens is 1. The Labute approximate surface area is 231 Å². The Hall–Kier alpha value is -3.48. The van der Waals surface area contributed by atoms with E-state index >= 15 is 0 Å². The van der Waals surface area contributed by atoms with Gasteiger partial charge in [0.15, 0.2) is 0 Å². The summed E-state index contributed by atoms with van der Waals surface area (Å²) in [4.78, 5) is 13.4. The molecule has 38 heavy (non-hydrogen) atoms. The van der Waals surface area contributed by atoms with Crippen molar-refractivity contribution in [1.82, 2.24) is 5.16 Å². The van der Waals surface area contributed by atoms with Crippen LogP contribution >= 0.6 is 23.2 Å². The summed E-state index contributed by atoms with van der Waals surface area (Å²) in [6.07, 6.45) is 2.65. The predicted molar refractivity (Wildman–Crippen MR) is 149 cm³/mol. The van der Waals surface area contributed by atoms with Crippen LogP contribution in [0, 0.1) is 6.92 Å². The van der Waals surface area contributed by atoms with Gasteiger partial charge in [0.1, 0.15) is 18.1 Å². The van der Waals surface area contributed by atoms with Crippen molar-refractivity contribution in [3.8, 4) is 5.75 Å². The molecule has 0 radical (unpaired) electrons. The third kappa shape index (κ3) is 5.82. The highest BCUT2D eigenvalue weighted by molar-refractivity contribution is 6.36. The minimum atomic E-state index is -0.928. The van der Waals surface area contributed by atoms with Crippen LogP contribution in [0.1, 0.15) is 62.8 Å². The van der Waals surface area contributed by atoms with E-state index in [1.807, 2.05) is 56.4 Å². The lowest BCUT2D eigenvalue weighted by Gasteiger charge is -2.22. The van der Waals surface area contributed by atoms with Crippen LogP contribution < -0.4 is 9.64 Å². The van der Waals surface area contributed by atoms with Crippen LogP contribution in [0.4, 0.5) is 5.69 Å². The maximum absolute atomic E-state index is 11.3. The zero-order chi connectivity index (χ0) is 26.8. The number of rotatable bonds is 10. The van der Waals surface area contributed by atoms with Gasteiger partial charge in [-0.2, -0.15) is 0 Å². The molecule has 1 N–H and O–H groups in total. The molecule has 5 rings (SSSR count). The van der Waals surface area contributed by atoms with Gasteiger partial charge in [-0.3, -0.25) is 0 Å². The average molecular weight is 551 g/mol. The van der Waals surface area contributed by atoms with Crippen molar-refractivity contribution >= 4 is 34.9 Å². The molecule has 0 spiro atoms. The van der Waals surface area contributed by atoms with Crippen LogP contribution in [0.25, 0.3) is 0 Å². The summed E-state index contributed by atoms with van der Waals surface area (Å²) in [6, 6.07) is 18.5. The van der Waals surface area contributed by atoms with Gasteiger partial charge in [0.05, 0.1) is 16.8 Å². The van der Waals surface area contributed by atoms with Crippen LogP contribution in [0.3, 0.4) is 0 Å². The van der Waals surface area contributed by atoms with E-state index in [9.17, 15) is 9.90 Å². The number of anilines is 1. The number of aromatic carboxylic acids is 1. The maximum atomic E-state index is 11.3. The molecule has 196 valence electrons. The smallest absolute Gasteiger partial charge is 0.335 e. The van der Waals surface area contributed by atoms with Crippen LogP contribution in [-0.4, -0.2) is 23.3 Å². The lowest BCUT2D eigenvalue weighted by Crippen LogP contribution is -2.17. The molecule has 3 aromatic carbocycles. The molecular formula is C30H28Cl2N2O4. The zero-order valence-electron chi connectivity index (χ0n) is 21.2. The van der Waals surface area contributed by atoms with Gasteiger partial charge < -0.3 is 19.3 Å². The van der Waals surface area contributed by atoms with E-state index < -0.39 is 5.97 Å². The Balaban J connectivity index is 1.30. The number of carboxylic acid groups (broad SMARTS) is 1. The van der Waals surface area contributed by atoms with Crippen LogP contribution in [0.2, 0.25) is 10.0 Å². The van der Waals surface area contributed by atoms with Gasteiger partial charge in [-0.25, -0.2) is 4.79 Å². The summed E-state index contributed by atoms with van der Waals surface area (Å²) >= 11 is 12.8. The number of hydrogen-bond acceptors (Lipinski definition) is 5. The van der Waals surface area contributed by atoms with Gasteiger partial charge in [0, 0.05) is 41.7 Å². The Bertz CT molecular complexity index is 1460. The minimum absolute atomic E-state index is 0.284. The Morgan fingerprint density at radius 2 is 1.82 bits per heavy atom. The molecule has 0 amide bonds. The maximum Gasteiger partial charge on any atom is 0.335 e. The first-order valence-corrected chi connectivity index (χ1v) is 13.2. The van der Waals surface area contributed by atoms with E-state index in [1.165, 1.54) is 0 Å². The first-order valence-electron chi connectivity index (χ1n) is 12.5. The van der Waals surface area contributed by atoms with Crippen LogP contribution in [0.15, 0.2) is 65.2 Å². The van der Waals surface area contributed by atoms with E-state index in [0.717, 1.165) is 58.0 Å². The van der Waals surface area contributed by atoms with Crippen molar-refractivity contribution in [3.05, 3.63) is 110 Å². The third-order valence-electron chi connectivity index (χ3n) is 6.81. The van der Waals surface area contributed by atoms with E-state index in [-0.39, 0.29) is 5.56 Å². The second kappa shape index (κ2) is 11.1. The number of ether oxygens (including phenoxy) is 1. The number of hydrogen-bond donors (Lipinski definition) is 1. The number of aryl methyl sites for hydroxylation is 1. The second-order valence-electron chi connectivity index (χ2n) is 9.72. The van der Waals surface area contributed by atoms with Gasteiger partial charge in [-0.15, -0.1) is 0 Å². The normalized spacial score (nSPS) is 12.9. The predicted octanol–water partition coefficient (Wildman–Crippen LogP) is 7.67. The van der Waals surface area contributed by atoms with E-state index in [2.05, 4.69) is 10.1 Å². The number of carboxylic acids is 1. The topological polar surface area (TPSA) is 75.8 Å². The summed E-state index contributed by atoms with van der Waals surface area (Å²) in [5.74, 6) is 1.09. The molecule has 0 bridgehead atoms. The molecule has 0 unspecified atom stereocenters. The van der Waals surface area contributed by atoms with E-state index in [1.54, 1.807) is 18.2 Å². The van der Waals surface area contributed by atoms with Crippen molar-refractivity contribution in [2.45, 2.75) is 45.3 Å². The van der Waals surface area contributed by atoms with Gasteiger partial charge in [-0.05, 0) is 78.9 Å². The molecule has 1 fully saturated rings. The molecule has 1 aliphatic carbocycles. The first-order chi connectivity index (χ1) is 18.3. The molecule has 4 aromatic rings. The van der Waals surface area contributed by atoms with Gasteiger partial charge in [-0.1, -0.05) is 46.6 Å². The van der Waals surface area contributed by atoms with Crippen molar-refractivity contribution in [2.24, 2.45) is 0 Å². The average Bonchev–Trinajstić information content (AvgIpc) is 3.65. The molecule has 0 aliphatic heterocycles. The molecule has 1 aliphatic rings. The number of benzene rings is 3. The summed E-state index contributed by atoms with van der Waals surface area (Å²) in [5, 5.41) is 14.8. The summed E-state index contributed by atoms with van der Waals surface area (Å²) in [7, 11) is 1.99. The molecule has 0 saturated heterocycles. The van der Waals surface area contributed by atoms with E-state index in [0.29, 0.717) is 35.5 Å². The highest BCUT2D eigenvalue weighted by atomic mass is 35.5. The number of carbonyl (C=O) groups is 1.